The van der Waals surface area contributed by atoms with Gasteiger partial charge in [-0.05, 0) is 58.0 Å². The highest BCUT2D eigenvalue weighted by Crippen LogP contribution is 2.34. The van der Waals surface area contributed by atoms with E-state index in [4.69, 9.17) is 4.74 Å². The highest BCUT2D eigenvalue weighted by atomic mass is 35.5. The number of fused-ring (bicyclic) bond motifs is 1. The fourth-order valence-electron chi connectivity index (χ4n) is 4.36. The molecule has 0 saturated carbocycles. The standard InChI is InChI=1S/C23H26FN7O2.ClH/c1-14-22(28-29-31(14)19-5-7-25-8-6-19)16-9-21(23-17(13-32)10-27-30(23)12-16)33-15(2)20-4-3-18(24)11-26-20;/h3-4,9-12,15,19,25,32H,5-8,13H2,1-2H3;1H/t15-;/m1./s1. The summed E-state index contributed by atoms with van der Waals surface area (Å²) in [6, 6.07) is 5.16. The van der Waals surface area contributed by atoms with Crippen molar-refractivity contribution in [3.63, 3.8) is 0 Å². The number of halogens is 2. The lowest BCUT2D eigenvalue weighted by Gasteiger charge is -2.23. The number of rotatable bonds is 6. The Bertz CT molecular complexity index is 1270. The van der Waals surface area contributed by atoms with Gasteiger partial charge in [0.05, 0.1) is 36.4 Å². The fraction of sp³-hybridized carbons (Fsp3) is 0.391. The van der Waals surface area contributed by atoms with Crippen LogP contribution in [0.25, 0.3) is 16.8 Å². The maximum Gasteiger partial charge on any atom is 0.147 e. The Morgan fingerprint density at radius 2 is 2.06 bits per heavy atom. The van der Waals surface area contributed by atoms with E-state index in [0.29, 0.717) is 28.6 Å². The minimum Gasteiger partial charge on any atom is -0.482 e. The molecule has 0 amide bonds. The van der Waals surface area contributed by atoms with E-state index in [9.17, 15) is 9.50 Å². The molecule has 1 saturated heterocycles. The molecule has 4 aromatic heterocycles. The van der Waals surface area contributed by atoms with Gasteiger partial charge in [0.2, 0.25) is 0 Å². The van der Waals surface area contributed by atoms with Crippen LogP contribution in [-0.4, -0.2) is 47.8 Å². The largest absolute Gasteiger partial charge is 0.482 e. The van der Waals surface area contributed by atoms with Gasteiger partial charge < -0.3 is 15.2 Å². The summed E-state index contributed by atoms with van der Waals surface area (Å²) in [7, 11) is 0. The maximum atomic E-state index is 13.3. The molecular formula is C23H27ClFN7O2. The molecule has 0 bridgehead atoms. The summed E-state index contributed by atoms with van der Waals surface area (Å²) < 4.78 is 23.2. The molecule has 4 aromatic rings. The zero-order valence-corrected chi connectivity index (χ0v) is 19.8. The Balaban J connectivity index is 0.00000274. The van der Waals surface area contributed by atoms with Crippen LogP contribution >= 0.6 is 12.4 Å². The fourth-order valence-corrected chi connectivity index (χ4v) is 4.36. The summed E-state index contributed by atoms with van der Waals surface area (Å²) in [6.07, 6.45) is 6.23. The molecule has 11 heteroatoms. The molecule has 1 atom stereocenters. The third-order valence-electron chi connectivity index (χ3n) is 6.15. The quantitative estimate of drug-likeness (QED) is 0.429. The molecule has 34 heavy (non-hydrogen) atoms. The SMILES string of the molecule is Cc1c(-c2cc(O[C@H](C)c3ccc(F)cn3)c3c(CO)cnn3c2)nnn1C1CCNCC1.Cl. The summed E-state index contributed by atoms with van der Waals surface area (Å²) in [4.78, 5) is 4.13. The van der Waals surface area contributed by atoms with E-state index in [2.05, 4.69) is 25.7 Å². The third-order valence-corrected chi connectivity index (χ3v) is 6.15. The van der Waals surface area contributed by atoms with Crippen molar-refractivity contribution in [2.75, 3.05) is 13.1 Å². The van der Waals surface area contributed by atoms with Gasteiger partial charge in [-0.15, -0.1) is 17.5 Å². The van der Waals surface area contributed by atoms with Gasteiger partial charge in [0.15, 0.2) is 0 Å². The highest BCUT2D eigenvalue weighted by molar-refractivity contribution is 5.85. The van der Waals surface area contributed by atoms with Crippen molar-refractivity contribution in [1.29, 1.82) is 0 Å². The molecular weight excluding hydrogens is 461 g/mol. The van der Waals surface area contributed by atoms with Gasteiger partial charge in [0, 0.05) is 17.3 Å². The van der Waals surface area contributed by atoms with Crippen LogP contribution in [0.1, 0.15) is 48.9 Å². The number of hydrogen-bond donors (Lipinski definition) is 2. The average molecular weight is 488 g/mol. The minimum atomic E-state index is -0.447. The summed E-state index contributed by atoms with van der Waals surface area (Å²) in [6.45, 7) is 5.63. The van der Waals surface area contributed by atoms with Gasteiger partial charge >= 0.3 is 0 Å². The van der Waals surface area contributed by atoms with Crippen molar-refractivity contribution in [2.24, 2.45) is 0 Å². The lowest BCUT2D eigenvalue weighted by molar-refractivity contribution is 0.223. The first-order chi connectivity index (χ1) is 16.0. The molecule has 0 unspecified atom stereocenters. The number of nitrogens with one attached hydrogen (secondary N) is 1. The Kier molecular flexibility index (Phi) is 7.11. The number of aliphatic hydroxyl groups is 1. The zero-order valence-electron chi connectivity index (χ0n) is 19.0. The Labute approximate surface area is 202 Å². The molecule has 0 aliphatic carbocycles. The number of nitrogens with zero attached hydrogens (tertiary/aromatic N) is 6. The van der Waals surface area contributed by atoms with Crippen LogP contribution in [0.15, 0.2) is 36.8 Å². The van der Waals surface area contributed by atoms with E-state index < -0.39 is 11.9 Å². The number of aliphatic hydroxyl groups excluding tert-OH is 1. The van der Waals surface area contributed by atoms with Gasteiger partial charge in [-0.25, -0.2) is 13.6 Å². The second-order valence-corrected chi connectivity index (χ2v) is 8.32. The molecule has 1 fully saturated rings. The number of pyridine rings is 2. The minimum absolute atomic E-state index is 0. The summed E-state index contributed by atoms with van der Waals surface area (Å²) >= 11 is 0. The predicted molar refractivity (Wildman–Crippen MR) is 126 cm³/mol. The zero-order chi connectivity index (χ0) is 22.9. The van der Waals surface area contributed by atoms with E-state index >= 15 is 0 Å². The van der Waals surface area contributed by atoms with E-state index in [0.717, 1.165) is 42.9 Å². The smallest absolute Gasteiger partial charge is 0.147 e. The van der Waals surface area contributed by atoms with Crippen LogP contribution in [-0.2, 0) is 6.61 Å². The van der Waals surface area contributed by atoms with E-state index in [-0.39, 0.29) is 19.0 Å². The van der Waals surface area contributed by atoms with Crippen molar-refractivity contribution in [2.45, 2.75) is 45.4 Å². The molecule has 0 spiro atoms. The van der Waals surface area contributed by atoms with Crippen molar-refractivity contribution in [3.05, 3.63) is 59.6 Å². The number of piperidine rings is 1. The monoisotopic (exact) mass is 487 g/mol. The normalized spacial score (nSPS) is 15.3. The maximum absolute atomic E-state index is 13.3. The molecule has 5 rings (SSSR count). The Morgan fingerprint density at radius 3 is 2.76 bits per heavy atom. The molecule has 1 aliphatic rings. The number of aromatic nitrogens is 6. The first-order valence-electron chi connectivity index (χ1n) is 11.1. The summed E-state index contributed by atoms with van der Waals surface area (Å²) in [5.41, 5.74) is 4.45. The Hall–Kier alpha value is -3.08. The Morgan fingerprint density at radius 1 is 1.26 bits per heavy atom. The van der Waals surface area contributed by atoms with Crippen LogP contribution in [0.4, 0.5) is 4.39 Å². The first-order valence-corrected chi connectivity index (χ1v) is 11.1. The molecule has 9 nitrogen and oxygen atoms in total. The summed E-state index contributed by atoms with van der Waals surface area (Å²) in [5, 5.41) is 26.5. The molecule has 0 radical (unpaired) electrons. The van der Waals surface area contributed by atoms with Crippen molar-refractivity contribution in [1.82, 2.24) is 34.9 Å². The predicted octanol–water partition coefficient (Wildman–Crippen LogP) is 3.41. The van der Waals surface area contributed by atoms with Crippen LogP contribution in [0.3, 0.4) is 0 Å². The van der Waals surface area contributed by atoms with Gasteiger partial charge in [0.1, 0.15) is 28.9 Å². The van der Waals surface area contributed by atoms with Gasteiger partial charge in [-0.2, -0.15) is 5.10 Å². The number of ether oxygens (including phenoxy) is 1. The highest BCUT2D eigenvalue weighted by Gasteiger charge is 2.23. The van der Waals surface area contributed by atoms with Crippen molar-refractivity contribution < 1.29 is 14.2 Å². The topological polar surface area (TPSA) is 102 Å². The van der Waals surface area contributed by atoms with E-state index in [1.54, 1.807) is 16.8 Å². The van der Waals surface area contributed by atoms with Crippen LogP contribution in [0, 0.1) is 12.7 Å². The molecule has 1 aliphatic heterocycles. The first kappa shape index (κ1) is 24.1. The van der Waals surface area contributed by atoms with Crippen LogP contribution < -0.4 is 10.1 Å². The van der Waals surface area contributed by atoms with Crippen LogP contribution in [0.2, 0.25) is 0 Å². The van der Waals surface area contributed by atoms with E-state index in [1.807, 2.05) is 30.8 Å². The second kappa shape index (κ2) is 10.0. The van der Waals surface area contributed by atoms with Crippen LogP contribution in [0.5, 0.6) is 5.75 Å². The summed E-state index contributed by atoms with van der Waals surface area (Å²) in [5.74, 6) is 0.129. The lowest BCUT2D eigenvalue weighted by atomic mass is 10.1. The molecule has 2 N–H and O–H groups in total. The van der Waals surface area contributed by atoms with Gasteiger partial charge in [-0.3, -0.25) is 4.98 Å². The van der Waals surface area contributed by atoms with Crippen molar-refractivity contribution in [3.8, 4) is 17.0 Å². The van der Waals surface area contributed by atoms with E-state index in [1.165, 1.54) is 12.3 Å². The third kappa shape index (κ3) is 4.48. The molecule has 5 heterocycles. The average Bonchev–Trinajstić information content (AvgIpc) is 3.43. The number of hydrogen-bond acceptors (Lipinski definition) is 7. The van der Waals surface area contributed by atoms with Crippen molar-refractivity contribution >= 4 is 17.9 Å². The second-order valence-electron chi connectivity index (χ2n) is 8.32. The lowest BCUT2D eigenvalue weighted by Crippen LogP contribution is -2.30. The van der Waals surface area contributed by atoms with Gasteiger partial charge in [-0.1, -0.05) is 5.21 Å². The molecule has 0 aromatic carbocycles. The van der Waals surface area contributed by atoms with Gasteiger partial charge in [0.25, 0.3) is 0 Å². The molecule has 180 valence electrons.